The lowest BCUT2D eigenvalue weighted by Crippen LogP contribution is -2.13. The van der Waals surface area contributed by atoms with Gasteiger partial charge in [-0.05, 0) is 19.1 Å². The Balaban J connectivity index is 2.77. The number of rotatable bonds is 2. The van der Waals surface area contributed by atoms with Crippen molar-refractivity contribution in [1.29, 1.82) is 0 Å². The normalized spacial score (nSPS) is 11.8. The molecule has 0 radical (unpaired) electrons. The highest BCUT2D eigenvalue weighted by Crippen LogP contribution is 2.17. The number of pyridine rings is 1. The van der Waals surface area contributed by atoms with E-state index >= 15 is 0 Å². The minimum absolute atomic E-state index is 0.0580. The van der Waals surface area contributed by atoms with E-state index in [2.05, 4.69) is 16.2 Å². The van der Waals surface area contributed by atoms with Crippen molar-refractivity contribution in [3.8, 4) is 12.3 Å². The highest BCUT2D eigenvalue weighted by atomic mass is 35.5. The van der Waals surface area contributed by atoms with Gasteiger partial charge in [-0.1, -0.05) is 17.5 Å². The predicted octanol–water partition coefficient (Wildman–Crippen LogP) is 2.17. The molecule has 62 valence electrons. The second-order valence-corrected chi connectivity index (χ2v) is 2.77. The van der Waals surface area contributed by atoms with E-state index in [1.165, 1.54) is 0 Å². The fourth-order valence-electron chi connectivity index (χ4n) is 0.739. The summed E-state index contributed by atoms with van der Waals surface area (Å²) in [5.41, 5.74) is 0. The van der Waals surface area contributed by atoms with Gasteiger partial charge in [-0.2, -0.15) is 0 Å². The summed E-state index contributed by atoms with van der Waals surface area (Å²) in [6, 6.07) is 3.48. The van der Waals surface area contributed by atoms with Gasteiger partial charge in [-0.3, -0.25) is 0 Å². The van der Waals surface area contributed by atoms with E-state index in [0.29, 0.717) is 10.8 Å². The molecule has 0 saturated heterocycles. The zero-order valence-electron chi connectivity index (χ0n) is 6.71. The van der Waals surface area contributed by atoms with E-state index in [4.69, 9.17) is 18.0 Å². The van der Waals surface area contributed by atoms with Crippen LogP contribution in [-0.2, 0) is 0 Å². The zero-order valence-corrected chi connectivity index (χ0v) is 7.47. The van der Waals surface area contributed by atoms with Gasteiger partial charge in [0.15, 0.2) is 0 Å². The standard InChI is InChI=1S/C9H9ClN2/c1-3-7(2)12-9-8(10)5-4-6-11-9/h1,4-7H,2H3,(H,11,12). The molecule has 0 saturated carbocycles. The monoisotopic (exact) mass is 180 g/mol. The maximum atomic E-state index is 5.83. The lowest BCUT2D eigenvalue weighted by Gasteiger charge is -2.08. The minimum Gasteiger partial charge on any atom is -0.355 e. The smallest absolute Gasteiger partial charge is 0.145 e. The van der Waals surface area contributed by atoms with Gasteiger partial charge in [0, 0.05) is 6.20 Å². The Morgan fingerprint density at radius 3 is 3.08 bits per heavy atom. The van der Waals surface area contributed by atoms with Crippen LogP contribution >= 0.6 is 11.6 Å². The van der Waals surface area contributed by atoms with E-state index in [-0.39, 0.29) is 6.04 Å². The molecule has 0 aromatic carbocycles. The topological polar surface area (TPSA) is 24.9 Å². The molecule has 3 heteroatoms. The molecule has 1 N–H and O–H groups in total. The van der Waals surface area contributed by atoms with Crippen molar-refractivity contribution < 1.29 is 0 Å². The second kappa shape index (κ2) is 3.99. The molecule has 0 aliphatic heterocycles. The minimum atomic E-state index is -0.0580. The maximum Gasteiger partial charge on any atom is 0.145 e. The molecule has 2 nitrogen and oxygen atoms in total. The number of hydrogen-bond donors (Lipinski definition) is 1. The van der Waals surface area contributed by atoms with Gasteiger partial charge in [-0.25, -0.2) is 4.98 Å². The van der Waals surface area contributed by atoms with Crippen LogP contribution in [0.3, 0.4) is 0 Å². The molecular formula is C9H9ClN2. The molecule has 1 aromatic rings. The molecule has 1 atom stereocenters. The van der Waals surface area contributed by atoms with Crippen LogP contribution in [0.25, 0.3) is 0 Å². The van der Waals surface area contributed by atoms with Crippen molar-refractivity contribution in [2.45, 2.75) is 13.0 Å². The Hall–Kier alpha value is -1.20. The molecule has 0 spiro atoms. The SMILES string of the molecule is C#CC(C)Nc1ncccc1Cl. The Morgan fingerprint density at radius 1 is 1.75 bits per heavy atom. The second-order valence-electron chi connectivity index (χ2n) is 2.37. The first kappa shape index (κ1) is 8.89. The molecule has 0 aliphatic rings. The summed E-state index contributed by atoms with van der Waals surface area (Å²) in [5.74, 6) is 3.16. The molecule has 0 fully saturated rings. The van der Waals surface area contributed by atoms with Gasteiger partial charge in [0.2, 0.25) is 0 Å². The third kappa shape index (κ3) is 2.14. The number of nitrogens with one attached hydrogen (secondary N) is 1. The summed E-state index contributed by atoms with van der Waals surface area (Å²) in [6.07, 6.45) is 6.85. The van der Waals surface area contributed by atoms with Crippen molar-refractivity contribution in [2.75, 3.05) is 5.32 Å². The number of aromatic nitrogens is 1. The van der Waals surface area contributed by atoms with Crippen molar-refractivity contribution in [3.63, 3.8) is 0 Å². The van der Waals surface area contributed by atoms with Crippen LogP contribution in [0.15, 0.2) is 18.3 Å². The Morgan fingerprint density at radius 2 is 2.50 bits per heavy atom. The lowest BCUT2D eigenvalue weighted by atomic mass is 10.3. The van der Waals surface area contributed by atoms with Crippen LogP contribution in [0.2, 0.25) is 5.02 Å². The van der Waals surface area contributed by atoms with Crippen LogP contribution in [0.5, 0.6) is 0 Å². The highest BCUT2D eigenvalue weighted by molar-refractivity contribution is 6.32. The van der Waals surface area contributed by atoms with Crippen molar-refractivity contribution in [2.24, 2.45) is 0 Å². The van der Waals surface area contributed by atoms with Gasteiger partial charge in [0.05, 0.1) is 11.1 Å². The summed E-state index contributed by atoms with van der Waals surface area (Å²) in [5, 5.41) is 3.56. The first-order valence-corrected chi connectivity index (χ1v) is 3.95. The molecular weight excluding hydrogens is 172 g/mol. The summed E-state index contributed by atoms with van der Waals surface area (Å²) in [4.78, 5) is 4.03. The van der Waals surface area contributed by atoms with Crippen molar-refractivity contribution >= 4 is 17.4 Å². The predicted molar refractivity (Wildman–Crippen MR) is 51.2 cm³/mol. The van der Waals surface area contributed by atoms with Crippen LogP contribution < -0.4 is 5.32 Å². The van der Waals surface area contributed by atoms with Crippen molar-refractivity contribution in [3.05, 3.63) is 23.4 Å². The number of nitrogens with zero attached hydrogens (tertiary/aromatic N) is 1. The van der Waals surface area contributed by atoms with E-state index in [0.717, 1.165) is 0 Å². The maximum absolute atomic E-state index is 5.83. The van der Waals surface area contributed by atoms with E-state index < -0.39 is 0 Å². The van der Waals surface area contributed by atoms with E-state index in [1.807, 2.05) is 6.92 Å². The van der Waals surface area contributed by atoms with Gasteiger partial charge >= 0.3 is 0 Å². The number of anilines is 1. The van der Waals surface area contributed by atoms with Crippen LogP contribution in [0.1, 0.15) is 6.92 Å². The number of hydrogen-bond acceptors (Lipinski definition) is 2. The number of halogens is 1. The van der Waals surface area contributed by atoms with Gasteiger partial charge in [0.1, 0.15) is 5.82 Å². The van der Waals surface area contributed by atoms with Gasteiger partial charge < -0.3 is 5.32 Å². The Kier molecular flexibility index (Phi) is 2.95. The zero-order chi connectivity index (χ0) is 8.97. The average molecular weight is 181 g/mol. The third-order valence-electron chi connectivity index (χ3n) is 1.36. The number of terminal acetylenes is 1. The average Bonchev–Trinajstić information content (AvgIpc) is 2.09. The van der Waals surface area contributed by atoms with E-state index in [9.17, 15) is 0 Å². The fourth-order valence-corrected chi connectivity index (χ4v) is 0.915. The van der Waals surface area contributed by atoms with Gasteiger partial charge in [-0.15, -0.1) is 6.42 Å². The molecule has 1 rings (SSSR count). The Bertz CT molecular complexity index is 304. The molecule has 0 aliphatic carbocycles. The van der Waals surface area contributed by atoms with Gasteiger partial charge in [0.25, 0.3) is 0 Å². The molecule has 12 heavy (non-hydrogen) atoms. The summed E-state index contributed by atoms with van der Waals surface area (Å²) >= 11 is 5.83. The lowest BCUT2D eigenvalue weighted by molar-refractivity contribution is 1.01. The van der Waals surface area contributed by atoms with E-state index in [1.54, 1.807) is 18.3 Å². The molecule has 1 unspecified atom stereocenters. The third-order valence-corrected chi connectivity index (χ3v) is 1.67. The van der Waals surface area contributed by atoms with Crippen LogP contribution in [-0.4, -0.2) is 11.0 Å². The van der Waals surface area contributed by atoms with Crippen LogP contribution in [0, 0.1) is 12.3 Å². The first-order chi connectivity index (χ1) is 5.74. The summed E-state index contributed by atoms with van der Waals surface area (Å²) in [6.45, 7) is 1.87. The fraction of sp³-hybridized carbons (Fsp3) is 0.222. The first-order valence-electron chi connectivity index (χ1n) is 3.57. The summed E-state index contributed by atoms with van der Waals surface area (Å²) < 4.78 is 0. The highest BCUT2D eigenvalue weighted by Gasteiger charge is 2.01. The molecule has 0 bridgehead atoms. The molecule has 1 aromatic heterocycles. The van der Waals surface area contributed by atoms with Crippen molar-refractivity contribution in [1.82, 2.24) is 4.98 Å². The molecule has 1 heterocycles. The summed E-state index contributed by atoms with van der Waals surface area (Å²) in [7, 11) is 0. The largest absolute Gasteiger partial charge is 0.355 e. The Labute approximate surface area is 77.0 Å². The quantitative estimate of drug-likeness (QED) is 0.706. The molecule has 0 amide bonds. The van der Waals surface area contributed by atoms with Crippen LogP contribution in [0.4, 0.5) is 5.82 Å².